The maximum Gasteiger partial charge on any atom is 0.409 e. The fourth-order valence-electron chi connectivity index (χ4n) is 0.779. The second-order valence-corrected chi connectivity index (χ2v) is 2.47. The Morgan fingerprint density at radius 2 is 2.38 bits per heavy atom. The van der Waals surface area contributed by atoms with Gasteiger partial charge in [0.15, 0.2) is 11.4 Å². The van der Waals surface area contributed by atoms with Gasteiger partial charge in [-0.25, -0.2) is 9.78 Å². The molecule has 1 heterocycles. The Morgan fingerprint density at radius 1 is 1.69 bits per heavy atom. The minimum Gasteiger partial charge on any atom is -0.465 e. The number of rotatable bonds is 2. The Kier molecular flexibility index (Phi) is 2.81. The summed E-state index contributed by atoms with van der Waals surface area (Å²) in [4.78, 5) is 24.3. The molecule has 13 heavy (non-hydrogen) atoms. The highest BCUT2D eigenvalue weighted by atomic mass is 35.5. The van der Waals surface area contributed by atoms with Crippen LogP contribution >= 0.6 is 11.6 Å². The number of aldehydes is 1. The SMILES string of the molecule is O=Cc1ccnc(Cl)c1NC(=O)O. The van der Waals surface area contributed by atoms with Gasteiger partial charge in [-0.2, -0.15) is 0 Å². The Labute approximate surface area is 78.4 Å². The van der Waals surface area contributed by atoms with Crippen molar-refractivity contribution in [1.29, 1.82) is 0 Å². The first-order valence-electron chi connectivity index (χ1n) is 3.24. The molecule has 0 aliphatic carbocycles. The molecule has 0 aliphatic heterocycles. The van der Waals surface area contributed by atoms with Crippen LogP contribution < -0.4 is 5.32 Å². The molecular weight excluding hydrogens is 196 g/mol. The predicted octanol–water partition coefficient (Wildman–Crippen LogP) is 1.64. The third kappa shape index (κ3) is 2.16. The second-order valence-electron chi connectivity index (χ2n) is 2.11. The number of hydrogen-bond acceptors (Lipinski definition) is 3. The number of halogens is 1. The zero-order valence-electron chi connectivity index (χ0n) is 6.32. The summed E-state index contributed by atoms with van der Waals surface area (Å²) in [7, 11) is 0. The summed E-state index contributed by atoms with van der Waals surface area (Å²) in [5.74, 6) is 0. The van der Waals surface area contributed by atoms with Gasteiger partial charge >= 0.3 is 6.09 Å². The molecule has 6 heteroatoms. The van der Waals surface area contributed by atoms with E-state index < -0.39 is 6.09 Å². The lowest BCUT2D eigenvalue weighted by atomic mass is 10.2. The zero-order chi connectivity index (χ0) is 9.84. The molecule has 0 spiro atoms. The lowest BCUT2D eigenvalue weighted by Crippen LogP contribution is -2.10. The summed E-state index contributed by atoms with van der Waals surface area (Å²) in [6.07, 6.45) is 0.524. The highest BCUT2D eigenvalue weighted by Gasteiger charge is 2.09. The predicted molar refractivity (Wildman–Crippen MR) is 46.3 cm³/mol. The van der Waals surface area contributed by atoms with Crippen molar-refractivity contribution in [3.63, 3.8) is 0 Å². The van der Waals surface area contributed by atoms with Crippen LogP contribution in [-0.2, 0) is 0 Å². The largest absolute Gasteiger partial charge is 0.465 e. The van der Waals surface area contributed by atoms with Crippen molar-refractivity contribution < 1.29 is 14.7 Å². The number of nitrogens with zero attached hydrogens (tertiary/aromatic N) is 1. The van der Waals surface area contributed by atoms with Crippen LogP contribution in [0.3, 0.4) is 0 Å². The molecule has 0 aliphatic rings. The maximum absolute atomic E-state index is 10.4. The van der Waals surface area contributed by atoms with E-state index in [-0.39, 0.29) is 16.4 Å². The molecule has 5 nitrogen and oxygen atoms in total. The van der Waals surface area contributed by atoms with Gasteiger partial charge in [-0.3, -0.25) is 10.1 Å². The van der Waals surface area contributed by atoms with Gasteiger partial charge in [-0.1, -0.05) is 11.6 Å². The molecule has 2 N–H and O–H groups in total. The third-order valence-corrected chi connectivity index (χ3v) is 1.58. The van der Waals surface area contributed by atoms with E-state index >= 15 is 0 Å². The summed E-state index contributed by atoms with van der Waals surface area (Å²) in [6.45, 7) is 0. The molecule has 0 atom stereocenters. The molecule has 1 amide bonds. The number of pyridine rings is 1. The van der Waals surface area contributed by atoms with Crippen molar-refractivity contribution in [1.82, 2.24) is 4.98 Å². The van der Waals surface area contributed by atoms with Gasteiger partial charge in [0.1, 0.15) is 0 Å². The van der Waals surface area contributed by atoms with Crippen LogP contribution in [0.25, 0.3) is 0 Å². The van der Waals surface area contributed by atoms with Crippen molar-refractivity contribution in [2.45, 2.75) is 0 Å². The monoisotopic (exact) mass is 200 g/mol. The lowest BCUT2D eigenvalue weighted by Gasteiger charge is -2.04. The van der Waals surface area contributed by atoms with Crippen LogP contribution in [-0.4, -0.2) is 22.5 Å². The first kappa shape index (κ1) is 9.47. The van der Waals surface area contributed by atoms with E-state index in [4.69, 9.17) is 16.7 Å². The van der Waals surface area contributed by atoms with Gasteiger partial charge in [0.25, 0.3) is 0 Å². The fourth-order valence-corrected chi connectivity index (χ4v) is 0.992. The summed E-state index contributed by atoms with van der Waals surface area (Å²) in [5, 5.41) is 10.3. The minimum absolute atomic E-state index is 0.00617. The van der Waals surface area contributed by atoms with Gasteiger partial charge in [0.2, 0.25) is 0 Å². The van der Waals surface area contributed by atoms with E-state index in [2.05, 4.69) is 4.98 Å². The molecule has 1 aromatic rings. The van der Waals surface area contributed by atoms with Gasteiger partial charge in [0, 0.05) is 11.8 Å². The smallest absolute Gasteiger partial charge is 0.409 e. The molecular formula is C7H5ClN2O3. The molecule has 1 aromatic heterocycles. The average molecular weight is 201 g/mol. The molecule has 68 valence electrons. The summed E-state index contributed by atoms with van der Waals surface area (Å²) >= 11 is 5.56. The molecule has 0 saturated carbocycles. The van der Waals surface area contributed by atoms with Gasteiger partial charge in [-0.15, -0.1) is 0 Å². The van der Waals surface area contributed by atoms with Crippen molar-refractivity contribution in [3.05, 3.63) is 23.0 Å². The Balaban J connectivity index is 3.14. The normalized spacial score (nSPS) is 9.31. The van der Waals surface area contributed by atoms with E-state index in [0.717, 1.165) is 0 Å². The number of carboxylic acid groups (broad SMARTS) is 1. The molecule has 0 bridgehead atoms. The van der Waals surface area contributed by atoms with E-state index in [1.54, 1.807) is 0 Å². The van der Waals surface area contributed by atoms with Crippen LogP contribution in [0.2, 0.25) is 5.15 Å². The Morgan fingerprint density at radius 3 is 2.92 bits per heavy atom. The lowest BCUT2D eigenvalue weighted by molar-refractivity contribution is 0.112. The average Bonchev–Trinajstić information content (AvgIpc) is 2.08. The summed E-state index contributed by atoms with van der Waals surface area (Å²) in [5.41, 5.74) is 0.161. The van der Waals surface area contributed by atoms with Crippen molar-refractivity contribution in [3.8, 4) is 0 Å². The van der Waals surface area contributed by atoms with Gasteiger partial charge < -0.3 is 5.11 Å². The van der Waals surface area contributed by atoms with Crippen LogP contribution in [0.4, 0.5) is 10.5 Å². The quantitative estimate of drug-likeness (QED) is 0.562. The van der Waals surface area contributed by atoms with Crippen LogP contribution in [0.15, 0.2) is 12.3 Å². The number of nitrogens with one attached hydrogen (secondary N) is 1. The standard InChI is InChI=1S/C7H5ClN2O3/c8-6-5(10-7(12)13)4(3-11)1-2-9-6/h1-3,10H,(H,12,13). The van der Waals surface area contributed by atoms with E-state index in [1.165, 1.54) is 12.3 Å². The van der Waals surface area contributed by atoms with Crippen molar-refractivity contribution in [2.24, 2.45) is 0 Å². The molecule has 1 rings (SSSR count). The minimum atomic E-state index is -1.29. The number of carbonyl (C=O) groups is 2. The van der Waals surface area contributed by atoms with Crippen molar-refractivity contribution >= 4 is 29.7 Å². The second kappa shape index (κ2) is 3.86. The number of aromatic nitrogens is 1. The molecule has 0 radical (unpaired) electrons. The number of hydrogen-bond donors (Lipinski definition) is 2. The van der Waals surface area contributed by atoms with Crippen LogP contribution in [0.5, 0.6) is 0 Å². The number of anilines is 1. The highest BCUT2D eigenvalue weighted by molar-refractivity contribution is 6.33. The molecule has 0 fully saturated rings. The van der Waals surface area contributed by atoms with Gasteiger partial charge in [-0.05, 0) is 6.07 Å². The molecule has 0 unspecified atom stereocenters. The van der Waals surface area contributed by atoms with E-state index in [1.807, 2.05) is 5.32 Å². The first-order chi connectivity index (χ1) is 6.15. The van der Waals surface area contributed by atoms with E-state index in [9.17, 15) is 9.59 Å². The highest BCUT2D eigenvalue weighted by Crippen LogP contribution is 2.21. The molecule has 0 saturated heterocycles. The zero-order valence-corrected chi connectivity index (χ0v) is 7.08. The van der Waals surface area contributed by atoms with E-state index in [0.29, 0.717) is 6.29 Å². The Bertz CT molecular complexity index is 354. The molecule has 0 aromatic carbocycles. The maximum atomic E-state index is 10.4. The summed E-state index contributed by atoms with van der Waals surface area (Å²) < 4.78 is 0. The van der Waals surface area contributed by atoms with Crippen LogP contribution in [0.1, 0.15) is 10.4 Å². The van der Waals surface area contributed by atoms with Crippen LogP contribution in [0, 0.1) is 0 Å². The number of amides is 1. The van der Waals surface area contributed by atoms with Crippen molar-refractivity contribution in [2.75, 3.05) is 5.32 Å². The first-order valence-corrected chi connectivity index (χ1v) is 3.62. The summed E-state index contributed by atoms with van der Waals surface area (Å²) in [6, 6.07) is 1.37. The van der Waals surface area contributed by atoms with Gasteiger partial charge in [0.05, 0.1) is 5.69 Å². The topological polar surface area (TPSA) is 79.3 Å². The number of carbonyl (C=O) groups excluding carboxylic acids is 1. The fraction of sp³-hybridized carbons (Fsp3) is 0. The Hall–Kier alpha value is -1.62. The third-order valence-electron chi connectivity index (χ3n) is 1.30.